The maximum atomic E-state index is 13.3. The Morgan fingerprint density at radius 3 is 2.82 bits per heavy atom. The number of fused-ring (bicyclic) bond motifs is 1. The van der Waals surface area contributed by atoms with Crippen LogP contribution < -0.4 is 10.9 Å². The molecule has 1 aliphatic rings. The monoisotopic (exact) mass is 490 g/mol. The Hall–Kier alpha value is -2.76. The van der Waals surface area contributed by atoms with E-state index in [1.165, 1.54) is 15.4 Å². The van der Waals surface area contributed by atoms with Gasteiger partial charge < -0.3 is 15.2 Å². The molecular weight excluding hydrogens is 464 g/mol. The van der Waals surface area contributed by atoms with Crippen molar-refractivity contribution in [3.05, 3.63) is 44.7 Å². The standard InChI is InChI=1S/C22H26N4O5S2/c1-13(2)31-10-4-8-23-19-15(20(29)26-12-14(3)5-6-17(26)24-19)11-16-21(30)25(22(32)33-16)9-7-18(27)28/h5-6,11-13,23H,4,7-10H2,1-3H3,(H,27,28)/b16-11-. The van der Waals surface area contributed by atoms with Gasteiger partial charge in [-0.25, -0.2) is 4.98 Å². The van der Waals surface area contributed by atoms with Gasteiger partial charge in [-0.3, -0.25) is 23.7 Å². The molecule has 1 aliphatic heterocycles. The number of ether oxygens (including phenoxy) is 1. The number of carbonyl (C=O) groups is 2. The number of amides is 1. The zero-order valence-electron chi connectivity index (χ0n) is 18.7. The molecule has 3 heterocycles. The molecule has 0 aromatic carbocycles. The van der Waals surface area contributed by atoms with Gasteiger partial charge in [0.15, 0.2) is 0 Å². The third-order valence-corrected chi connectivity index (χ3v) is 6.15. The summed E-state index contributed by atoms with van der Waals surface area (Å²) in [7, 11) is 0. The number of aliphatic carboxylic acids is 1. The largest absolute Gasteiger partial charge is 0.481 e. The molecule has 2 N–H and O–H groups in total. The van der Waals surface area contributed by atoms with E-state index in [0.717, 1.165) is 17.3 Å². The highest BCUT2D eigenvalue weighted by Crippen LogP contribution is 2.33. The predicted molar refractivity (Wildman–Crippen MR) is 133 cm³/mol. The van der Waals surface area contributed by atoms with Crippen molar-refractivity contribution in [1.82, 2.24) is 14.3 Å². The van der Waals surface area contributed by atoms with E-state index < -0.39 is 11.9 Å². The van der Waals surface area contributed by atoms with Crippen molar-refractivity contribution in [2.24, 2.45) is 0 Å². The third kappa shape index (κ3) is 6.18. The molecule has 2 aromatic rings. The van der Waals surface area contributed by atoms with E-state index in [9.17, 15) is 14.4 Å². The fourth-order valence-corrected chi connectivity index (χ4v) is 4.44. The first-order valence-corrected chi connectivity index (χ1v) is 11.8. The summed E-state index contributed by atoms with van der Waals surface area (Å²) in [5, 5.41) is 12.1. The van der Waals surface area contributed by atoms with Gasteiger partial charge >= 0.3 is 5.97 Å². The molecular formula is C22H26N4O5S2. The molecule has 2 aromatic heterocycles. The van der Waals surface area contributed by atoms with E-state index in [2.05, 4.69) is 10.3 Å². The summed E-state index contributed by atoms with van der Waals surface area (Å²) in [6.07, 6.45) is 3.81. The van der Waals surface area contributed by atoms with E-state index >= 15 is 0 Å². The number of carbonyl (C=O) groups excluding carboxylic acids is 1. The number of pyridine rings is 1. The molecule has 176 valence electrons. The number of anilines is 1. The van der Waals surface area contributed by atoms with Gasteiger partial charge in [-0.15, -0.1) is 0 Å². The number of hydrogen-bond donors (Lipinski definition) is 2. The molecule has 9 nitrogen and oxygen atoms in total. The van der Waals surface area contributed by atoms with Gasteiger partial charge in [0.05, 0.1) is 23.0 Å². The summed E-state index contributed by atoms with van der Waals surface area (Å²) in [6, 6.07) is 3.63. The third-order valence-electron chi connectivity index (χ3n) is 4.77. The van der Waals surface area contributed by atoms with Crippen molar-refractivity contribution < 1.29 is 19.4 Å². The van der Waals surface area contributed by atoms with Crippen molar-refractivity contribution in [3.63, 3.8) is 0 Å². The Kier molecular flexibility index (Phi) is 8.22. The van der Waals surface area contributed by atoms with Crippen LogP contribution in [0.4, 0.5) is 5.82 Å². The van der Waals surface area contributed by atoms with E-state index in [1.54, 1.807) is 12.3 Å². The molecule has 1 saturated heterocycles. The summed E-state index contributed by atoms with van der Waals surface area (Å²) >= 11 is 6.29. The van der Waals surface area contributed by atoms with Crippen molar-refractivity contribution in [2.75, 3.05) is 25.0 Å². The summed E-state index contributed by atoms with van der Waals surface area (Å²) in [5.74, 6) is -1.08. The summed E-state index contributed by atoms with van der Waals surface area (Å²) < 4.78 is 7.26. The average Bonchev–Trinajstić information content (AvgIpc) is 3.01. The SMILES string of the molecule is Cc1ccc2nc(NCCCOC(C)C)c(/C=C3\SC(=S)N(CCC(=O)O)C3=O)c(=O)n2c1. The van der Waals surface area contributed by atoms with Crippen LogP contribution in [0.15, 0.2) is 28.0 Å². The van der Waals surface area contributed by atoms with Crippen molar-refractivity contribution >= 4 is 57.7 Å². The Morgan fingerprint density at radius 2 is 2.12 bits per heavy atom. The summed E-state index contributed by atoms with van der Waals surface area (Å²) in [4.78, 5) is 43.1. The van der Waals surface area contributed by atoms with Crippen LogP contribution in [0.3, 0.4) is 0 Å². The molecule has 1 fully saturated rings. The first kappa shape index (κ1) is 24.9. The van der Waals surface area contributed by atoms with Crippen LogP contribution >= 0.6 is 24.0 Å². The first-order chi connectivity index (χ1) is 15.7. The fourth-order valence-electron chi connectivity index (χ4n) is 3.15. The Bertz CT molecular complexity index is 1180. The van der Waals surface area contributed by atoms with E-state index in [0.29, 0.717) is 31.0 Å². The summed E-state index contributed by atoms with van der Waals surface area (Å²) in [6.45, 7) is 6.88. The number of carboxylic acids is 1. The second-order valence-corrected chi connectivity index (χ2v) is 9.47. The molecule has 0 spiro atoms. The average molecular weight is 491 g/mol. The zero-order valence-corrected chi connectivity index (χ0v) is 20.3. The minimum Gasteiger partial charge on any atom is -0.481 e. The van der Waals surface area contributed by atoms with Crippen LogP contribution in [-0.2, 0) is 14.3 Å². The highest BCUT2D eigenvalue weighted by atomic mass is 32.2. The lowest BCUT2D eigenvalue weighted by atomic mass is 10.2. The maximum absolute atomic E-state index is 13.3. The minimum atomic E-state index is -1.02. The van der Waals surface area contributed by atoms with Crippen LogP contribution in [0.1, 0.15) is 37.8 Å². The number of rotatable bonds is 10. The van der Waals surface area contributed by atoms with Gasteiger partial charge in [0.1, 0.15) is 15.8 Å². The molecule has 11 heteroatoms. The summed E-state index contributed by atoms with van der Waals surface area (Å²) in [5.41, 5.74) is 1.30. The quantitative estimate of drug-likeness (QED) is 0.295. The lowest BCUT2D eigenvalue weighted by Gasteiger charge is -2.13. The Balaban J connectivity index is 1.95. The van der Waals surface area contributed by atoms with Gasteiger partial charge in [-0.1, -0.05) is 30.0 Å². The zero-order chi connectivity index (χ0) is 24.1. The lowest BCUT2D eigenvalue weighted by Crippen LogP contribution is -2.30. The normalized spacial score (nSPS) is 15.3. The highest BCUT2D eigenvalue weighted by Gasteiger charge is 2.32. The number of aromatic nitrogens is 2. The van der Waals surface area contributed by atoms with E-state index in [4.69, 9.17) is 22.1 Å². The minimum absolute atomic E-state index is 0.0214. The Morgan fingerprint density at radius 1 is 1.36 bits per heavy atom. The van der Waals surface area contributed by atoms with Gasteiger partial charge in [0.25, 0.3) is 11.5 Å². The Labute approximate surface area is 200 Å². The molecule has 0 saturated carbocycles. The number of nitrogens with zero attached hydrogens (tertiary/aromatic N) is 3. The van der Waals surface area contributed by atoms with Gasteiger partial charge in [0, 0.05) is 25.9 Å². The molecule has 0 atom stereocenters. The predicted octanol–water partition coefficient (Wildman–Crippen LogP) is 2.91. The van der Waals surface area contributed by atoms with Crippen LogP contribution in [0.5, 0.6) is 0 Å². The van der Waals surface area contributed by atoms with Gasteiger partial charge in [-0.2, -0.15) is 0 Å². The molecule has 0 aliphatic carbocycles. The molecule has 0 radical (unpaired) electrons. The molecule has 0 unspecified atom stereocenters. The molecule has 1 amide bonds. The van der Waals surface area contributed by atoms with E-state index in [1.807, 2.05) is 26.8 Å². The number of aryl methyl sites for hydroxylation is 1. The van der Waals surface area contributed by atoms with Crippen molar-refractivity contribution in [3.8, 4) is 0 Å². The van der Waals surface area contributed by atoms with Crippen LogP contribution in [0.25, 0.3) is 11.7 Å². The van der Waals surface area contributed by atoms with Gasteiger partial charge in [0.2, 0.25) is 0 Å². The number of nitrogens with one attached hydrogen (secondary N) is 1. The molecule has 0 bridgehead atoms. The van der Waals surface area contributed by atoms with Crippen LogP contribution in [-0.4, -0.2) is 61.4 Å². The maximum Gasteiger partial charge on any atom is 0.305 e. The molecule has 33 heavy (non-hydrogen) atoms. The molecule has 3 rings (SSSR count). The topological polar surface area (TPSA) is 113 Å². The first-order valence-electron chi connectivity index (χ1n) is 10.5. The van der Waals surface area contributed by atoms with Crippen LogP contribution in [0, 0.1) is 6.92 Å². The van der Waals surface area contributed by atoms with Crippen molar-refractivity contribution in [1.29, 1.82) is 0 Å². The fraction of sp³-hybridized carbons (Fsp3) is 0.409. The lowest BCUT2D eigenvalue weighted by molar-refractivity contribution is -0.137. The number of carboxylic acid groups (broad SMARTS) is 1. The second-order valence-electron chi connectivity index (χ2n) is 7.79. The number of thiocarbonyl (C=S) groups is 1. The van der Waals surface area contributed by atoms with Crippen LogP contribution in [0.2, 0.25) is 0 Å². The highest BCUT2D eigenvalue weighted by molar-refractivity contribution is 8.26. The van der Waals surface area contributed by atoms with E-state index in [-0.39, 0.29) is 39.4 Å². The van der Waals surface area contributed by atoms with Crippen molar-refractivity contribution in [2.45, 2.75) is 39.7 Å². The second kappa shape index (κ2) is 10.9. The number of hydrogen-bond acceptors (Lipinski definition) is 8. The smallest absolute Gasteiger partial charge is 0.305 e. The number of thioether (sulfide) groups is 1. The van der Waals surface area contributed by atoms with Gasteiger partial charge in [-0.05, 0) is 44.9 Å².